The number of carbonyl (C=O) groups excluding carboxylic acids is 1. The van der Waals surface area contributed by atoms with Gasteiger partial charge in [-0.25, -0.2) is 4.79 Å². The largest absolute Gasteiger partial charge is 0.483 e. The number of hydrogen-bond acceptors (Lipinski definition) is 3. The van der Waals surface area contributed by atoms with Crippen LogP contribution in [0.15, 0.2) is 22.7 Å². The summed E-state index contributed by atoms with van der Waals surface area (Å²) in [5.41, 5.74) is 0.114. The van der Waals surface area contributed by atoms with Crippen LogP contribution in [0.3, 0.4) is 0 Å². The maximum atomic E-state index is 11.7. The second-order valence-electron chi connectivity index (χ2n) is 4.50. The molecule has 5 nitrogen and oxygen atoms in total. The molecule has 0 aliphatic heterocycles. The highest BCUT2D eigenvalue weighted by molar-refractivity contribution is 9.10. The van der Waals surface area contributed by atoms with Crippen molar-refractivity contribution < 1.29 is 19.4 Å². The number of carbonyl (C=O) groups is 2. The summed E-state index contributed by atoms with van der Waals surface area (Å²) in [5, 5.41) is 11.7. The Kier molecular flexibility index (Phi) is 6.51. The maximum absolute atomic E-state index is 11.7. The molecule has 1 amide bonds. The average Bonchev–Trinajstić information content (AvgIpc) is 2.37. The van der Waals surface area contributed by atoms with Crippen molar-refractivity contribution in [1.82, 2.24) is 5.32 Å². The lowest BCUT2D eigenvalue weighted by atomic mass is 10.2. The van der Waals surface area contributed by atoms with Crippen molar-refractivity contribution in [3.05, 3.63) is 28.2 Å². The van der Waals surface area contributed by atoms with Crippen LogP contribution < -0.4 is 10.1 Å². The molecule has 1 aromatic rings. The van der Waals surface area contributed by atoms with Crippen molar-refractivity contribution in [3.8, 4) is 5.75 Å². The Morgan fingerprint density at radius 2 is 2.15 bits per heavy atom. The van der Waals surface area contributed by atoms with E-state index in [0.29, 0.717) is 10.2 Å². The zero-order chi connectivity index (χ0) is 15.1. The van der Waals surface area contributed by atoms with Gasteiger partial charge in [-0.3, -0.25) is 4.79 Å². The Morgan fingerprint density at radius 3 is 2.75 bits per heavy atom. The molecule has 0 aliphatic rings. The third-order valence-corrected chi connectivity index (χ3v) is 3.32. The van der Waals surface area contributed by atoms with Crippen LogP contribution in [0.25, 0.3) is 0 Å². The number of halogens is 1. The quantitative estimate of drug-likeness (QED) is 0.798. The van der Waals surface area contributed by atoms with E-state index in [-0.39, 0.29) is 24.1 Å². The summed E-state index contributed by atoms with van der Waals surface area (Å²) in [6.45, 7) is 3.84. The first-order chi connectivity index (χ1) is 9.43. The molecule has 6 heteroatoms. The fourth-order valence-electron chi connectivity index (χ4n) is 1.71. The predicted molar refractivity (Wildman–Crippen MR) is 79.1 cm³/mol. The highest BCUT2D eigenvalue weighted by atomic mass is 79.9. The topological polar surface area (TPSA) is 75.6 Å². The van der Waals surface area contributed by atoms with Gasteiger partial charge in [0, 0.05) is 6.04 Å². The van der Waals surface area contributed by atoms with E-state index < -0.39 is 5.97 Å². The first-order valence-electron chi connectivity index (χ1n) is 6.39. The van der Waals surface area contributed by atoms with Gasteiger partial charge >= 0.3 is 5.97 Å². The number of benzene rings is 1. The smallest absolute Gasteiger partial charge is 0.335 e. The van der Waals surface area contributed by atoms with E-state index >= 15 is 0 Å². The van der Waals surface area contributed by atoms with Crippen LogP contribution >= 0.6 is 15.9 Å². The van der Waals surface area contributed by atoms with Gasteiger partial charge in [0.15, 0.2) is 6.61 Å². The molecule has 1 unspecified atom stereocenters. The van der Waals surface area contributed by atoms with Crippen LogP contribution in [0.5, 0.6) is 5.75 Å². The Morgan fingerprint density at radius 1 is 1.45 bits per heavy atom. The lowest BCUT2D eigenvalue weighted by Crippen LogP contribution is -2.36. The molecule has 0 saturated heterocycles. The second kappa shape index (κ2) is 7.89. The molecular formula is C14H18BrNO4. The Labute approximate surface area is 126 Å². The van der Waals surface area contributed by atoms with E-state index in [1.807, 2.05) is 13.8 Å². The summed E-state index contributed by atoms with van der Waals surface area (Å²) in [7, 11) is 0. The minimum atomic E-state index is -1.04. The van der Waals surface area contributed by atoms with Crippen molar-refractivity contribution in [1.29, 1.82) is 0 Å². The third kappa shape index (κ3) is 5.21. The molecule has 2 N–H and O–H groups in total. The van der Waals surface area contributed by atoms with E-state index in [9.17, 15) is 9.59 Å². The Bertz CT molecular complexity index is 490. The number of carboxylic acid groups (broad SMARTS) is 1. The van der Waals surface area contributed by atoms with Crippen molar-refractivity contribution in [2.24, 2.45) is 0 Å². The Balaban J connectivity index is 2.59. The van der Waals surface area contributed by atoms with Crippen molar-refractivity contribution in [2.75, 3.05) is 6.61 Å². The molecule has 110 valence electrons. The molecule has 0 heterocycles. The lowest BCUT2D eigenvalue weighted by molar-refractivity contribution is -0.123. The van der Waals surface area contributed by atoms with E-state index in [1.54, 1.807) is 6.07 Å². The van der Waals surface area contributed by atoms with Gasteiger partial charge in [0.25, 0.3) is 5.91 Å². The first-order valence-corrected chi connectivity index (χ1v) is 7.18. The zero-order valence-electron chi connectivity index (χ0n) is 11.5. The zero-order valence-corrected chi connectivity index (χ0v) is 13.1. The molecular weight excluding hydrogens is 326 g/mol. The second-order valence-corrected chi connectivity index (χ2v) is 5.35. The van der Waals surface area contributed by atoms with Gasteiger partial charge in [-0.15, -0.1) is 0 Å². The number of nitrogens with one attached hydrogen (secondary N) is 1. The van der Waals surface area contributed by atoms with Crippen LogP contribution in [-0.4, -0.2) is 29.6 Å². The number of aromatic carboxylic acids is 1. The van der Waals surface area contributed by atoms with Crippen LogP contribution in [0, 0.1) is 0 Å². The average molecular weight is 344 g/mol. The SMILES string of the molecule is CCCC(C)NC(=O)COc1cc(C(=O)O)ccc1Br. The summed E-state index contributed by atoms with van der Waals surface area (Å²) in [6.07, 6.45) is 1.90. The van der Waals surface area contributed by atoms with Crippen LogP contribution in [-0.2, 0) is 4.79 Å². The van der Waals surface area contributed by atoms with Crippen LogP contribution in [0.4, 0.5) is 0 Å². The Hall–Kier alpha value is -1.56. The highest BCUT2D eigenvalue weighted by Gasteiger charge is 2.11. The molecule has 0 fully saturated rings. The monoisotopic (exact) mass is 343 g/mol. The number of hydrogen-bond donors (Lipinski definition) is 2. The summed E-state index contributed by atoms with van der Waals surface area (Å²) in [4.78, 5) is 22.5. The maximum Gasteiger partial charge on any atom is 0.335 e. The van der Waals surface area contributed by atoms with E-state index in [1.165, 1.54) is 12.1 Å². The summed E-state index contributed by atoms with van der Waals surface area (Å²) >= 11 is 3.26. The van der Waals surface area contributed by atoms with E-state index in [0.717, 1.165) is 12.8 Å². The van der Waals surface area contributed by atoms with E-state index in [4.69, 9.17) is 9.84 Å². The summed E-state index contributed by atoms with van der Waals surface area (Å²) < 4.78 is 5.95. The first kappa shape index (κ1) is 16.5. The number of carboxylic acids is 1. The van der Waals surface area contributed by atoms with Crippen LogP contribution in [0.1, 0.15) is 37.0 Å². The van der Waals surface area contributed by atoms with Gasteiger partial charge in [-0.2, -0.15) is 0 Å². The molecule has 0 bridgehead atoms. The third-order valence-electron chi connectivity index (χ3n) is 2.67. The number of rotatable bonds is 7. The summed E-state index contributed by atoms with van der Waals surface area (Å²) in [5.74, 6) is -0.926. The minimum absolute atomic E-state index is 0.102. The molecule has 0 aromatic heterocycles. The normalized spacial score (nSPS) is 11.8. The fraction of sp³-hybridized carbons (Fsp3) is 0.429. The molecule has 20 heavy (non-hydrogen) atoms. The molecule has 1 rings (SSSR count). The van der Waals surface area contributed by atoms with Crippen molar-refractivity contribution in [2.45, 2.75) is 32.7 Å². The number of ether oxygens (including phenoxy) is 1. The molecule has 1 aromatic carbocycles. The highest BCUT2D eigenvalue weighted by Crippen LogP contribution is 2.26. The molecule has 1 atom stereocenters. The molecule has 0 radical (unpaired) electrons. The summed E-state index contributed by atoms with van der Waals surface area (Å²) in [6, 6.07) is 4.53. The van der Waals surface area contributed by atoms with Gasteiger partial charge in [-0.1, -0.05) is 13.3 Å². The van der Waals surface area contributed by atoms with Gasteiger partial charge < -0.3 is 15.2 Å². The van der Waals surface area contributed by atoms with Gasteiger partial charge in [0.2, 0.25) is 0 Å². The molecule has 0 spiro atoms. The van der Waals surface area contributed by atoms with Crippen molar-refractivity contribution in [3.63, 3.8) is 0 Å². The molecule has 0 saturated carbocycles. The predicted octanol–water partition coefficient (Wildman–Crippen LogP) is 2.83. The van der Waals surface area contributed by atoms with Gasteiger partial charge in [-0.05, 0) is 47.5 Å². The minimum Gasteiger partial charge on any atom is -0.483 e. The lowest BCUT2D eigenvalue weighted by Gasteiger charge is -2.14. The number of amides is 1. The standard InChI is InChI=1S/C14H18BrNO4/c1-3-4-9(2)16-13(17)8-20-12-7-10(14(18)19)5-6-11(12)15/h5-7,9H,3-4,8H2,1-2H3,(H,16,17)(H,18,19). The molecule has 0 aliphatic carbocycles. The van der Waals surface area contributed by atoms with Gasteiger partial charge in [0.05, 0.1) is 10.0 Å². The van der Waals surface area contributed by atoms with Crippen molar-refractivity contribution >= 4 is 27.8 Å². The van der Waals surface area contributed by atoms with E-state index in [2.05, 4.69) is 21.2 Å². The fourth-order valence-corrected chi connectivity index (χ4v) is 2.07. The van der Waals surface area contributed by atoms with Crippen LogP contribution in [0.2, 0.25) is 0 Å². The van der Waals surface area contributed by atoms with Gasteiger partial charge in [0.1, 0.15) is 5.75 Å².